The van der Waals surface area contributed by atoms with Gasteiger partial charge >= 0.3 is 0 Å². The van der Waals surface area contributed by atoms with Crippen LogP contribution in [-0.4, -0.2) is 26.1 Å². The molecule has 6 heteroatoms. The first-order valence-electron chi connectivity index (χ1n) is 10.3. The highest BCUT2D eigenvalue weighted by Gasteiger charge is 2.13. The molecule has 0 saturated heterocycles. The number of amides is 1. The first-order valence-corrected chi connectivity index (χ1v) is 10.3. The van der Waals surface area contributed by atoms with Gasteiger partial charge in [-0.2, -0.15) is 5.10 Å². The Labute approximate surface area is 181 Å². The highest BCUT2D eigenvalue weighted by molar-refractivity contribution is 5.93. The second-order valence-electron chi connectivity index (χ2n) is 7.59. The predicted octanol–water partition coefficient (Wildman–Crippen LogP) is 4.70. The van der Waals surface area contributed by atoms with Crippen LogP contribution in [0.25, 0.3) is 16.8 Å². The summed E-state index contributed by atoms with van der Waals surface area (Å²) in [5.41, 5.74) is 7.29. The van der Waals surface area contributed by atoms with Crippen molar-refractivity contribution in [2.45, 2.75) is 33.2 Å². The maximum atomic E-state index is 12.6. The molecule has 3 aromatic rings. The number of aromatic nitrogens is 4. The van der Waals surface area contributed by atoms with E-state index in [0.717, 1.165) is 52.2 Å². The molecule has 0 radical (unpaired) electrons. The van der Waals surface area contributed by atoms with Gasteiger partial charge in [0.25, 0.3) is 5.91 Å². The maximum absolute atomic E-state index is 12.6. The van der Waals surface area contributed by atoms with Crippen LogP contribution in [-0.2, 0) is 6.54 Å². The molecule has 0 unspecified atom stereocenters. The van der Waals surface area contributed by atoms with Crippen LogP contribution >= 0.6 is 0 Å². The smallest absolute Gasteiger partial charge is 0.269 e. The quantitative estimate of drug-likeness (QED) is 0.637. The number of allylic oxidation sites excluding steroid dienone is 6. The van der Waals surface area contributed by atoms with Gasteiger partial charge in [0.1, 0.15) is 5.69 Å². The molecule has 0 aromatic carbocycles. The zero-order chi connectivity index (χ0) is 21.6. The molecule has 0 aliphatic heterocycles. The summed E-state index contributed by atoms with van der Waals surface area (Å²) in [4.78, 5) is 21.4. The van der Waals surface area contributed by atoms with Gasteiger partial charge in [-0.15, -0.1) is 0 Å². The van der Waals surface area contributed by atoms with Crippen LogP contribution in [0.4, 0.5) is 0 Å². The molecular formula is C25H25N5O. The third-order valence-corrected chi connectivity index (χ3v) is 5.15. The number of hydrogen-bond donors (Lipinski definition) is 2. The van der Waals surface area contributed by atoms with Crippen molar-refractivity contribution in [2.75, 3.05) is 0 Å². The van der Waals surface area contributed by atoms with Crippen LogP contribution in [0.15, 0.2) is 67.0 Å². The number of carbonyl (C=O) groups excluding carboxylic acids is 1. The van der Waals surface area contributed by atoms with Crippen LogP contribution in [0, 0.1) is 13.8 Å². The highest BCUT2D eigenvalue weighted by atomic mass is 16.1. The first kappa shape index (κ1) is 20.5. The second kappa shape index (κ2) is 9.34. The topological polar surface area (TPSA) is 83.6 Å². The average molecular weight is 412 g/mol. The Morgan fingerprint density at radius 3 is 2.87 bits per heavy atom. The number of carbonyl (C=O) groups is 1. The van der Waals surface area contributed by atoms with E-state index in [-0.39, 0.29) is 5.91 Å². The van der Waals surface area contributed by atoms with E-state index in [1.807, 2.05) is 50.3 Å². The van der Waals surface area contributed by atoms with Gasteiger partial charge in [-0.05, 0) is 61.6 Å². The minimum atomic E-state index is -0.188. The van der Waals surface area contributed by atoms with Crippen molar-refractivity contribution in [1.82, 2.24) is 25.5 Å². The van der Waals surface area contributed by atoms with Crippen molar-refractivity contribution in [3.05, 3.63) is 95.2 Å². The molecule has 4 rings (SSSR count). The van der Waals surface area contributed by atoms with Gasteiger partial charge in [0.15, 0.2) is 0 Å². The van der Waals surface area contributed by atoms with Gasteiger partial charge in [-0.3, -0.25) is 19.9 Å². The Kier molecular flexibility index (Phi) is 6.17. The Hall–Kier alpha value is -3.80. The Morgan fingerprint density at radius 1 is 1.13 bits per heavy atom. The second-order valence-corrected chi connectivity index (χ2v) is 7.59. The number of nitrogens with one attached hydrogen (secondary N) is 2. The van der Waals surface area contributed by atoms with Crippen molar-refractivity contribution < 1.29 is 4.79 Å². The molecule has 1 aliphatic rings. The van der Waals surface area contributed by atoms with E-state index < -0.39 is 0 Å². The number of hydrogen-bond acceptors (Lipinski definition) is 4. The molecule has 156 valence electrons. The molecule has 0 fully saturated rings. The lowest BCUT2D eigenvalue weighted by atomic mass is 10.0. The zero-order valence-electron chi connectivity index (χ0n) is 17.7. The van der Waals surface area contributed by atoms with Gasteiger partial charge in [-0.25, -0.2) is 0 Å². The molecule has 3 heterocycles. The molecule has 2 N–H and O–H groups in total. The third-order valence-electron chi connectivity index (χ3n) is 5.15. The number of pyridine rings is 2. The van der Waals surface area contributed by atoms with E-state index in [0.29, 0.717) is 12.2 Å². The average Bonchev–Trinajstić information content (AvgIpc) is 3.22. The lowest BCUT2D eigenvalue weighted by Crippen LogP contribution is -2.23. The number of rotatable bonds is 5. The minimum absolute atomic E-state index is 0.188. The van der Waals surface area contributed by atoms with E-state index in [1.165, 1.54) is 0 Å². The fourth-order valence-electron chi connectivity index (χ4n) is 3.55. The largest absolute Gasteiger partial charge is 0.347 e. The lowest BCUT2D eigenvalue weighted by Gasteiger charge is -2.09. The standard InChI is InChI=1S/C25H25N5O/c1-17-12-19(15-27-24(17)21-10-11-26-18(2)13-21)16-28-25(31)23-14-22(29-30-23)20-8-6-4-3-5-7-9-20/h3-6,8,10-15H,7,9,16H2,1-2H3,(H,28,31)(H,29,30). The summed E-state index contributed by atoms with van der Waals surface area (Å²) in [6.45, 7) is 4.38. The van der Waals surface area contributed by atoms with Crippen molar-refractivity contribution in [3.63, 3.8) is 0 Å². The van der Waals surface area contributed by atoms with E-state index >= 15 is 0 Å². The van der Waals surface area contributed by atoms with Crippen molar-refractivity contribution in [3.8, 4) is 11.3 Å². The Balaban J connectivity index is 1.41. The molecule has 1 amide bonds. The van der Waals surface area contributed by atoms with Crippen LogP contribution in [0.3, 0.4) is 0 Å². The SMILES string of the molecule is Cc1cc(-c2ncc(CNC(=O)c3cc(C4=CC=CC=CCC4)n[nH]3)cc2C)ccn1. The molecule has 3 aromatic heterocycles. The molecule has 0 spiro atoms. The highest BCUT2D eigenvalue weighted by Crippen LogP contribution is 2.22. The van der Waals surface area contributed by atoms with Gasteiger partial charge < -0.3 is 5.32 Å². The fourth-order valence-corrected chi connectivity index (χ4v) is 3.55. The summed E-state index contributed by atoms with van der Waals surface area (Å²) >= 11 is 0. The Morgan fingerprint density at radius 2 is 2.03 bits per heavy atom. The van der Waals surface area contributed by atoms with Gasteiger partial charge in [0, 0.05) is 30.2 Å². The van der Waals surface area contributed by atoms with E-state index in [1.54, 1.807) is 18.5 Å². The number of aryl methyl sites for hydroxylation is 2. The minimum Gasteiger partial charge on any atom is -0.347 e. The zero-order valence-corrected chi connectivity index (χ0v) is 17.7. The monoisotopic (exact) mass is 411 g/mol. The van der Waals surface area contributed by atoms with Gasteiger partial charge in [0.05, 0.1) is 11.4 Å². The number of aromatic amines is 1. The molecule has 31 heavy (non-hydrogen) atoms. The van der Waals surface area contributed by atoms with Crippen LogP contribution < -0.4 is 5.32 Å². The van der Waals surface area contributed by atoms with E-state index in [2.05, 4.69) is 37.6 Å². The number of H-pyrrole nitrogens is 1. The van der Waals surface area contributed by atoms with Gasteiger partial charge in [0.2, 0.25) is 0 Å². The summed E-state index contributed by atoms with van der Waals surface area (Å²) in [5, 5.41) is 10.1. The van der Waals surface area contributed by atoms with E-state index in [9.17, 15) is 4.79 Å². The third kappa shape index (κ3) is 5.04. The summed E-state index contributed by atoms with van der Waals surface area (Å²) < 4.78 is 0. The van der Waals surface area contributed by atoms with Crippen molar-refractivity contribution >= 4 is 11.5 Å². The summed E-state index contributed by atoms with van der Waals surface area (Å²) in [7, 11) is 0. The fraction of sp³-hybridized carbons (Fsp3) is 0.200. The van der Waals surface area contributed by atoms with Crippen LogP contribution in [0.5, 0.6) is 0 Å². The maximum Gasteiger partial charge on any atom is 0.269 e. The summed E-state index contributed by atoms with van der Waals surface area (Å²) in [6, 6.07) is 7.83. The number of nitrogens with zero attached hydrogens (tertiary/aromatic N) is 3. The normalized spacial score (nSPS) is 13.4. The molecular weight excluding hydrogens is 386 g/mol. The summed E-state index contributed by atoms with van der Waals surface area (Å²) in [6.07, 6.45) is 15.6. The first-order chi connectivity index (χ1) is 15.1. The lowest BCUT2D eigenvalue weighted by molar-refractivity contribution is 0.0946. The van der Waals surface area contributed by atoms with Crippen LogP contribution in [0.2, 0.25) is 0 Å². The predicted molar refractivity (Wildman–Crippen MR) is 122 cm³/mol. The summed E-state index contributed by atoms with van der Waals surface area (Å²) in [5.74, 6) is -0.188. The molecule has 0 bridgehead atoms. The van der Waals surface area contributed by atoms with Crippen LogP contribution in [0.1, 0.15) is 45.8 Å². The Bertz CT molecular complexity index is 1190. The molecule has 1 aliphatic carbocycles. The molecule has 0 atom stereocenters. The van der Waals surface area contributed by atoms with E-state index in [4.69, 9.17) is 0 Å². The molecule has 0 saturated carbocycles. The van der Waals surface area contributed by atoms with Gasteiger partial charge in [-0.1, -0.05) is 36.4 Å². The van der Waals surface area contributed by atoms with Crippen molar-refractivity contribution in [1.29, 1.82) is 0 Å². The van der Waals surface area contributed by atoms with Crippen molar-refractivity contribution in [2.24, 2.45) is 0 Å². The molecule has 6 nitrogen and oxygen atoms in total.